The summed E-state index contributed by atoms with van der Waals surface area (Å²) in [6, 6.07) is 8.51. The summed E-state index contributed by atoms with van der Waals surface area (Å²) in [5.74, 6) is 0.921. The van der Waals surface area contributed by atoms with Gasteiger partial charge in [-0.25, -0.2) is 0 Å². The van der Waals surface area contributed by atoms with Gasteiger partial charge in [0.1, 0.15) is 12.4 Å². The van der Waals surface area contributed by atoms with E-state index in [2.05, 4.69) is 36.1 Å². The topological polar surface area (TPSA) is 30.9 Å². The zero-order chi connectivity index (χ0) is 19.6. The van der Waals surface area contributed by atoms with Crippen LogP contribution in [0.15, 0.2) is 24.3 Å². The smallest absolute Gasteiger partial charge is 0.119 e. The molecule has 4 nitrogen and oxygen atoms in total. The molecule has 0 unspecified atom stereocenters. The van der Waals surface area contributed by atoms with Gasteiger partial charge in [0, 0.05) is 6.54 Å². The maximum Gasteiger partial charge on any atom is 0.119 e. The Labute approximate surface area is 167 Å². The zero-order valence-corrected chi connectivity index (χ0v) is 17.9. The van der Waals surface area contributed by atoms with Crippen LogP contribution < -0.4 is 4.74 Å². The van der Waals surface area contributed by atoms with Gasteiger partial charge in [-0.1, -0.05) is 57.6 Å². The van der Waals surface area contributed by atoms with E-state index < -0.39 is 0 Å². The van der Waals surface area contributed by atoms with Gasteiger partial charge in [-0.2, -0.15) is 0 Å². The van der Waals surface area contributed by atoms with E-state index in [-0.39, 0.29) is 0 Å². The molecule has 1 rings (SSSR count). The van der Waals surface area contributed by atoms with E-state index in [1.165, 1.54) is 56.9 Å². The summed E-state index contributed by atoms with van der Waals surface area (Å²) in [4.78, 5) is 2.11. The number of ether oxygens (including phenoxy) is 3. The molecule has 0 bridgehead atoms. The maximum absolute atomic E-state index is 5.73. The second kappa shape index (κ2) is 17.0. The van der Waals surface area contributed by atoms with Gasteiger partial charge in [0.2, 0.25) is 0 Å². The molecule has 0 radical (unpaired) electrons. The maximum atomic E-state index is 5.73. The predicted molar refractivity (Wildman–Crippen MR) is 114 cm³/mol. The lowest BCUT2D eigenvalue weighted by atomic mass is 10.0. The molecule has 156 valence electrons. The van der Waals surface area contributed by atoms with Crippen LogP contribution in [0.5, 0.6) is 5.75 Å². The Morgan fingerprint density at radius 3 is 1.96 bits per heavy atom. The minimum Gasteiger partial charge on any atom is -0.491 e. The van der Waals surface area contributed by atoms with E-state index in [0.29, 0.717) is 26.4 Å². The predicted octanol–water partition coefficient (Wildman–Crippen LogP) is 4.95. The van der Waals surface area contributed by atoms with E-state index in [4.69, 9.17) is 14.2 Å². The quantitative estimate of drug-likeness (QED) is 0.338. The molecule has 0 spiro atoms. The Kier molecular flexibility index (Phi) is 15.1. The van der Waals surface area contributed by atoms with Crippen molar-refractivity contribution in [2.45, 2.75) is 58.3 Å². The number of aryl methyl sites for hydroxylation is 1. The summed E-state index contributed by atoms with van der Waals surface area (Å²) < 4.78 is 16.7. The summed E-state index contributed by atoms with van der Waals surface area (Å²) in [6.07, 6.45) is 10.7. The number of benzene rings is 1. The van der Waals surface area contributed by atoms with Crippen LogP contribution in [0.2, 0.25) is 0 Å². The molecular weight excluding hydrogens is 338 g/mol. The van der Waals surface area contributed by atoms with Gasteiger partial charge in [0.05, 0.1) is 26.4 Å². The van der Waals surface area contributed by atoms with E-state index in [1.807, 2.05) is 14.1 Å². The second-order valence-corrected chi connectivity index (χ2v) is 7.39. The van der Waals surface area contributed by atoms with Crippen molar-refractivity contribution < 1.29 is 14.2 Å². The van der Waals surface area contributed by atoms with Crippen molar-refractivity contribution >= 4 is 0 Å². The number of nitrogens with zero attached hydrogens (tertiary/aromatic N) is 1. The molecule has 0 aromatic heterocycles. The molecule has 0 N–H and O–H groups in total. The number of likely N-dealkylation sites (N-methyl/N-ethyl adjacent to an activating group) is 1. The van der Waals surface area contributed by atoms with Crippen molar-refractivity contribution in [2.75, 3.05) is 53.7 Å². The molecule has 4 heteroatoms. The molecule has 27 heavy (non-hydrogen) atoms. The first kappa shape index (κ1) is 23.9. The highest BCUT2D eigenvalue weighted by Crippen LogP contribution is 2.15. The van der Waals surface area contributed by atoms with Crippen LogP contribution in [0.1, 0.15) is 57.4 Å². The molecule has 0 amide bonds. The minimum absolute atomic E-state index is 0.578. The molecule has 0 saturated heterocycles. The molecule has 1 aromatic carbocycles. The highest BCUT2D eigenvalue weighted by molar-refractivity contribution is 5.27. The monoisotopic (exact) mass is 379 g/mol. The van der Waals surface area contributed by atoms with Gasteiger partial charge >= 0.3 is 0 Å². The van der Waals surface area contributed by atoms with Crippen LogP contribution in [0, 0.1) is 0 Å². The highest BCUT2D eigenvalue weighted by Gasteiger charge is 1.98. The van der Waals surface area contributed by atoms with Crippen molar-refractivity contribution in [3.63, 3.8) is 0 Å². The first-order chi connectivity index (χ1) is 13.2. The van der Waals surface area contributed by atoms with Crippen molar-refractivity contribution in [1.82, 2.24) is 4.90 Å². The van der Waals surface area contributed by atoms with E-state index >= 15 is 0 Å². The third kappa shape index (κ3) is 14.6. The van der Waals surface area contributed by atoms with E-state index in [1.54, 1.807) is 0 Å². The summed E-state index contributed by atoms with van der Waals surface area (Å²) >= 11 is 0. The molecule has 1 aromatic rings. The van der Waals surface area contributed by atoms with Crippen LogP contribution in [-0.4, -0.2) is 58.6 Å². The summed E-state index contributed by atoms with van der Waals surface area (Å²) in [5.41, 5.74) is 1.40. The lowest BCUT2D eigenvalue weighted by Gasteiger charge is -2.10. The van der Waals surface area contributed by atoms with Crippen molar-refractivity contribution in [3.8, 4) is 5.75 Å². The van der Waals surface area contributed by atoms with Gasteiger partial charge in [0.15, 0.2) is 0 Å². The number of hydrogen-bond acceptors (Lipinski definition) is 4. The SMILES string of the molecule is CCCCCCCCCc1ccc(OCCOCCOCCN(C)C)cc1. The molecule has 0 atom stereocenters. The molecule has 0 heterocycles. The average Bonchev–Trinajstić information content (AvgIpc) is 2.67. The minimum atomic E-state index is 0.578. The molecular formula is C23H41NO3. The van der Waals surface area contributed by atoms with Crippen LogP contribution in [-0.2, 0) is 15.9 Å². The lowest BCUT2D eigenvalue weighted by Crippen LogP contribution is -2.19. The van der Waals surface area contributed by atoms with Crippen molar-refractivity contribution in [2.24, 2.45) is 0 Å². The fourth-order valence-corrected chi connectivity index (χ4v) is 2.83. The van der Waals surface area contributed by atoms with Gasteiger partial charge < -0.3 is 19.1 Å². The van der Waals surface area contributed by atoms with Gasteiger partial charge in [-0.05, 0) is 44.6 Å². The normalized spacial score (nSPS) is 11.3. The molecule has 0 fully saturated rings. The Morgan fingerprint density at radius 2 is 1.30 bits per heavy atom. The van der Waals surface area contributed by atoms with Gasteiger partial charge in [0.25, 0.3) is 0 Å². The Balaban J connectivity index is 1.97. The Hall–Kier alpha value is -1.10. The highest BCUT2D eigenvalue weighted by atomic mass is 16.5. The van der Waals surface area contributed by atoms with Crippen molar-refractivity contribution in [3.05, 3.63) is 29.8 Å². The summed E-state index contributed by atoms with van der Waals surface area (Å²) in [6.45, 7) is 6.39. The fourth-order valence-electron chi connectivity index (χ4n) is 2.83. The van der Waals surface area contributed by atoms with Crippen LogP contribution >= 0.6 is 0 Å². The largest absolute Gasteiger partial charge is 0.491 e. The first-order valence-electron chi connectivity index (χ1n) is 10.7. The zero-order valence-electron chi connectivity index (χ0n) is 17.9. The average molecular weight is 380 g/mol. The summed E-state index contributed by atoms with van der Waals surface area (Å²) in [5, 5.41) is 0. The van der Waals surface area contributed by atoms with Crippen LogP contribution in [0.3, 0.4) is 0 Å². The standard InChI is InChI=1S/C23H41NO3/c1-4-5-6-7-8-9-10-11-22-12-14-23(15-13-22)27-21-20-26-19-18-25-17-16-24(2)3/h12-15H,4-11,16-21H2,1-3H3. The number of hydrogen-bond donors (Lipinski definition) is 0. The molecule has 0 saturated carbocycles. The third-order valence-electron chi connectivity index (χ3n) is 4.54. The van der Waals surface area contributed by atoms with Crippen molar-refractivity contribution in [1.29, 1.82) is 0 Å². The van der Waals surface area contributed by atoms with Crippen LogP contribution in [0.25, 0.3) is 0 Å². The van der Waals surface area contributed by atoms with Gasteiger partial charge in [-0.15, -0.1) is 0 Å². The van der Waals surface area contributed by atoms with E-state index in [9.17, 15) is 0 Å². The Morgan fingerprint density at radius 1 is 0.704 bits per heavy atom. The number of unbranched alkanes of at least 4 members (excludes halogenated alkanes) is 6. The first-order valence-corrected chi connectivity index (χ1v) is 10.7. The summed E-state index contributed by atoms with van der Waals surface area (Å²) in [7, 11) is 4.08. The molecule has 0 aliphatic carbocycles. The number of rotatable bonds is 18. The van der Waals surface area contributed by atoms with E-state index in [0.717, 1.165) is 18.9 Å². The van der Waals surface area contributed by atoms with Gasteiger partial charge in [-0.3, -0.25) is 0 Å². The third-order valence-corrected chi connectivity index (χ3v) is 4.54. The fraction of sp³-hybridized carbons (Fsp3) is 0.739. The molecule has 0 aliphatic rings. The lowest BCUT2D eigenvalue weighted by molar-refractivity contribution is 0.0325. The second-order valence-electron chi connectivity index (χ2n) is 7.39. The van der Waals surface area contributed by atoms with Crippen LogP contribution in [0.4, 0.5) is 0 Å². The Bertz CT molecular complexity index is 434. The molecule has 0 aliphatic heterocycles.